The minimum absolute atomic E-state index is 0.198. The van der Waals surface area contributed by atoms with E-state index in [9.17, 15) is 4.79 Å². The highest BCUT2D eigenvalue weighted by atomic mass is 32.1. The van der Waals surface area contributed by atoms with E-state index in [2.05, 4.69) is 20.5 Å². The molecular weight excluding hydrogens is 348 g/mol. The Morgan fingerprint density at radius 1 is 1.08 bits per heavy atom. The van der Waals surface area contributed by atoms with Crippen molar-refractivity contribution in [2.75, 3.05) is 4.90 Å². The summed E-state index contributed by atoms with van der Waals surface area (Å²) in [6.45, 7) is 1.91. The van der Waals surface area contributed by atoms with E-state index in [0.717, 1.165) is 11.4 Å². The normalized spacial score (nSPS) is 10.7. The van der Waals surface area contributed by atoms with Gasteiger partial charge in [-0.2, -0.15) is 4.68 Å². The smallest absolute Gasteiger partial charge is 0.266 e. The summed E-state index contributed by atoms with van der Waals surface area (Å²) >= 11 is 1.43. The van der Waals surface area contributed by atoms with E-state index in [-0.39, 0.29) is 5.91 Å². The lowest BCUT2D eigenvalue weighted by molar-refractivity contribution is 0.0999. The molecule has 26 heavy (non-hydrogen) atoms. The van der Waals surface area contributed by atoms with Crippen LogP contribution in [0.4, 0.5) is 10.8 Å². The maximum Gasteiger partial charge on any atom is 0.266 e. The maximum absolute atomic E-state index is 13.5. The number of aromatic nitrogens is 5. The summed E-state index contributed by atoms with van der Waals surface area (Å²) in [7, 11) is 0. The van der Waals surface area contributed by atoms with Crippen molar-refractivity contribution in [3.63, 3.8) is 0 Å². The molecule has 0 unspecified atom stereocenters. The van der Waals surface area contributed by atoms with Crippen LogP contribution in [0.1, 0.15) is 16.1 Å². The topological polar surface area (TPSA) is 76.8 Å². The van der Waals surface area contributed by atoms with Crippen molar-refractivity contribution in [3.05, 3.63) is 77.6 Å². The van der Waals surface area contributed by atoms with Crippen LogP contribution >= 0.6 is 11.3 Å². The van der Waals surface area contributed by atoms with E-state index in [4.69, 9.17) is 0 Å². The molecule has 0 atom stereocenters. The molecule has 8 heteroatoms. The minimum Gasteiger partial charge on any atom is -0.268 e. The van der Waals surface area contributed by atoms with Crippen LogP contribution in [0.2, 0.25) is 0 Å². The third-order valence-electron chi connectivity index (χ3n) is 3.75. The molecule has 0 radical (unpaired) electrons. The molecule has 0 N–H and O–H groups in total. The molecule has 4 aromatic rings. The van der Waals surface area contributed by atoms with Crippen molar-refractivity contribution in [3.8, 4) is 5.69 Å². The van der Waals surface area contributed by atoms with Gasteiger partial charge in [0.2, 0.25) is 0 Å². The summed E-state index contributed by atoms with van der Waals surface area (Å²) in [5, 5.41) is 13.8. The average Bonchev–Trinajstić information content (AvgIpc) is 3.35. The third-order valence-corrected chi connectivity index (χ3v) is 4.69. The molecule has 0 saturated carbocycles. The fraction of sp³-hybridized carbons (Fsp3) is 0.0556. The summed E-state index contributed by atoms with van der Waals surface area (Å²) < 4.78 is 1.48. The lowest BCUT2D eigenvalue weighted by Gasteiger charge is -2.21. The first-order valence-electron chi connectivity index (χ1n) is 7.88. The molecule has 0 saturated heterocycles. The molecule has 0 bridgehead atoms. The fourth-order valence-corrected chi connectivity index (χ4v) is 3.40. The van der Waals surface area contributed by atoms with E-state index in [0.29, 0.717) is 16.4 Å². The number of hydrogen-bond acceptors (Lipinski definition) is 6. The first-order valence-corrected chi connectivity index (χ1v) is 8.76. The van der Waals surface area contributed by atoms with E-state index in [1.807, 2.05) is 54.8 Å². The number of tetrazole rings is 1. The van der Waals surface area contributed by atoms with E-state index in [1.165, 1.54) is 22.3 Å². The van der Waals surface area contributed by atoms with Crippen LogP contribution in [-0.4, -0.2) is 31.1 Å². The number of benzene rings is 2. The second-order valence-corrected chi connectivity index (χ2v) is 6.36. The van der Waals surface area contributed by atoms with Crippen molar-refractivity contribution in [1.29, 1.82) is 0 Å². The van der Waals surface area contributed by atoms with Crippen molar-refractivity contribution in [1.82, 2.24) is 25.2 Å². The molecule has 0 spiro atoms. The Morgan fingerprint density at radius 3 is 2.54 bits per heavy atom. The number of carbonyl (C=O) groups excluding carboxylic acids is 1. The first kappa shape index (κ1) is 16.1. The van der Waals surface area contributed by atoms with Crippen LogP contribution in [0.25, 0.3) is 5.69 Å². The van der Waals surface area contributed by atoms with Gasteiger partial charge in [-0.25, -0.2) is 4.98 Å². The lowest BCUT2D eigenvalue weighted by atomic mass is 10.1. The largest absolute Gasteiger partial charge is 0.268 e. The van der Waals surface area contributed by atoms with Crippen molar-refractivity contribution in [2.24, 2.45) is 0 Å². The zero-order chi connectivity index (χ0) is 17.9. The number of aryl methyl sites for hydroxylation is 1. The molecular formula is C18H14N6OS. The minimum atomic E-state index is -0.198. The number of amides is 1. The highest BCUT2D eigenvalue weighted by Crippen LogP contribution is 2.31. The number of thiazole rings is 1. The van der Waals surface area contributed by atoms with Crippen molar-refractivity contribution < 1.29 is 4.79 Å². The number of rotatable bonds is 4. The third kappa shape index (κ3) is 2.98. The number of carbonyl (C=O) groups is 1. The van der Waals surface area contributed by atoms with Gasteiger partial charge in [-0.05, 0) is 41.6 Å². The van der Waals surface area contributed by atoms with Gasteiger partial charge < -0.3 is 0 Å². The van der Waals surface area contributed by atoms with E-state index >= 15 is 0 Å². The Balaban J connectivity index is 1.84. The highest BCUT2D eigenvalue weighted by Gasteiger charge is 2.25. The van der Waals surface area contributed by atoms with Crippen molar-refractivity contribution >= 4 is 28.1 Å². The summed E-state index contributed by atoms with van der Waals surface area (Å²) in [5.74, 6) is -0.198. The SMILES string of the molecule is Cc1csc(N(C(=O)c2ccccc2-n2cnnn2)c2ccccc2)n1. The summed E-state index contributed by atoms with van der Waals surface area (Å²) in [6, 6.07) is 16.7. The number of anilines is 2. The molecule has 0 aliphatic heterocycles. The molecule has 0 aliphatic rings. The fourth-order valence-electron chi connectivity index (χ4n) is 2.58. The van der Waals surface area contributed by atoms with Crippen LogP contribution in [0.3, 0.4) is 0 Å². The van der Waals surface area contributed by atoms with Crippen LogP contribution in [0.15, 0.2) is 66.3 Å². The van der Waals surface area contributed by atoms with Crippen molar-refractivity contribution in [2.45, 2.75) is 6.92 Å². The Labute approximate surface area is 153 Å². The zero-order valence-corrected chi connectivity index (χ0v) is 14.7. The monoisotopic (exact) mass is 362 g/mol. The van der Waals surface area contributed by atoms with Crippen LogP contribution < -0.4 is 4.90 Å². The molecule has 1 amide bonds. The Kier molecular flexibility index (Phi) is 4.24. The number of nitrogens with zero attached hydrogens (tertiary/aromatic N) is 6. The van der Waals surface area contributed by atoms with Gasteiger partial charge in [0, 0.05) is 5.38 Å². The number of hydrogen-bond donors (Lipinski definition) is 0. The predicted octanol–water partition coefficient (Wildman–Crippen LogP) is 3.41. The average molecular weight is 362 g/mol. The van der Waals surface area contributed by atoms with Gasteiger partial charge in [0.25, 0.3) is 5.91 Å². The van der Waals surface area contributed by atoms with Crippen LogP contribution in [0, 0.1) is 6.92 Å². The molecule has 2 aromatic carbocycles. The van der Waals surface area contributed by atoms with Gasteiger partial charge in [-0.1, -0.05) is 30.3 Å². The predicted molar refractivity (Wildman–Crippen MR) is 98.9 cm³/mol. The molecule has 4 rings (SSSR count). The standard InChI is InChI=1S/C18H14N6OS/c1-13-11-26-18(20-13)24(14-7-3-2-4-8-14)17(25)15-9-5-6-10-16(15)23-12-19-21-22-23/h2-12H,1H3. The van der Waals surface area contributed by atoms with Gasteiger partial charge in [-0.3, -0.25) is 9.69 Å². The molecule has 7 nitrogen and oxygen atoms in total. The van der Waals surface area contributed by atoms with Gasteiger partial charge in [0.15, 0.2) is 5.13 Å². The van der Waals surface area contributed by atoms with Gasteiger partial charge in [-0.15, -0.1) is 16.4 Å². The Morgan fingerprint density at radius 2 is 1.85 bits per heavy atom. The Hall–Kier alpha value is -3.39. The molecule has 128 valence electrons. The second kappa shape index (κ2) is 6.85. The van der Waals surface area contributed by atoms with Crippen LogP contribution in [-0.2, 0) is 0 Å². The summed E-state index contributed by atoms with van der Waals surface area (Å²) in [6.07, 6.45) is 1.46. The summed E-state index contributed by atoms with van der Waals surface area (Å²) in [5.41, 5.74) is 2.71. The highest BCUT2D eigenvalue weighted by molar-refractivity contribution is 7.14. The van der Waals surface area contributed by atoms with Gasteiger partial charge in [0.1, 0.15) is 6.33 Å². The lowest BCUT2D eigenvalue weighted by Crippen LogP contribution is -2.27. The second-order valence-electron chi connectivity index (χ2n) is 5.52. The molecule has 0 fully saturated rings. The molecule has 0 aliphatic carbocycles. The number of para-hydroxylation sites is 2. The maximum atomic E-state index is 13.5. The van der Waals surface area contributed by atoms with Gasteiger partial charge in [0.05, 0.1) is 22.6 Å². The first-order chi connectivity index (χ1) is 12.7. The molecule has 2 aromatic heterocycles. The van der Waals surface area contributed by atoms with E-state index < -0.39 is 0 Å². The summed E-state index contributed by atoms with van der Waals surface area (Å²) in [4.78, 5) is 19.6. The molecule has 2 heterocycles. The van der Waals surface area contributed by atoms with E-state index in [1.54, 1.807) is 17.0 Å². The Bertz CT molecular complexity index is 1030. The van der Waals surface area contributed by atoms with Gasteiger partial charge >= 0.3 is 0 Å². The quantitative estimate of drug-likeness (QED) is 0.556. The zero-order valence-electron chi connectivity index (χ0n) is 13.9. The van der Waals surface area contributed by atoms with Crippen LogP contribution in [0.5, 0.6) is 0 Å².